The van der Waals surface area contributed by atoms with E-state index < -0.39 is 5.97 Å². The van der Waals surface area contributed by atoms with Crippen molar-refractivity contribution in [2.24, 2.45) is 0 Å². The molecule has 0 unspecified atom stereocenters. The van der Waals surface area contributed by atoms with Gasteiger partial charge in [0.2, 0.25) is 0 Å². The third-order valence-corrected chi connectivity index (χ3v) is 3.19. The summed E-state index contributed by atoms with van der Waals surface area (Å²) in [6, 6.07) is 13.3. The largest absolute Gasteiger partial charge is 0.478 e. The molecule has 21 heavy (non-hydrogen) atoms. The van der Waals surface area contributed by atoms with E-state index in [1.807, 2.05) is 6.07 Å². The summed E-state index contributed by atoms with van der Waals surface area (Å²) in [4.78, 5) is 11.2. The van der Waals surface area contributed by atoms with Crippen molar-refractivity contribution >= 4 is 29.0 Å². The molecule has 0 aliphatic rings. The summed E-state index contributed by atoms with van der Waals surface area (Å²) < 4.78 is 0. The molecule has 2 aromatic carbocycles. The lowest BCUT2D eigenvalue weighted by atomic mass is 10.0. The minimum absolute atomic E-state index is 0.141. The molecule has 0 radical (unpaired) electrons. The summed E-state index contributed by atoms with van der Waals surface area (Å²) in [6.45, 7) is 3.84. The predicted molar refractivity (Wildman–Crippen MR) is 82.2 cm³/mol. The summed E-state index contributed by atoms with van der Waals surface area (Å²) in [7, 11) is 0. The molecule has 0 saturated carbocycles. The Hall–Kier alpha value is -2.77. The van der Waals surface area contributed by atoms with Crippen LogP contribution in [0.1, 0.15) is 21.5 Å². The van der Waals surface area contributed by atoms with Crippen LogP contribution in [0.2, 0.25) is 5.02 Å². The number of benzene rings is 2. The molecular weight excluding hydrogens is 288 g/mol. The van der Waals surface area contributed by atoms with E-state index >= 15 is 0 Å². The molecule has 2 N–H and O–H groups in total. The number of hydrogen-bond donors (Lipinski definition) is 2. The van der Waals surface area contributed by atoms with Crippen LogP contribution in [0.4, 0.5) is 5.69 Å². The number of carbonyl (C=O) groups is 1. The second-order valence-corrected chi connectivity index (χ2v) is 4.67. The van der Waals surface area contributed by atoms with E-state index in [0.717, 1.165) is 0 Å². The molecule has 0 aromatic heterocycles. The molecule has 2 aromatic rings. The van der Waals surface area contributed by atoms with Crippen molar-refractivity contribution in [1.29, 1.82) is 5.26 Å². The number of nitrogens with one attached hydrogen (secondary N) is 1. The van der Waals surface area contributed by atoms with Crippen LogP contribution < -0.4 is 5.32 Å². The Morgan fingerprint density at radius 3 is 2.52 bits per heavy atom. The Labute approximate surface area is 126 Å². The summed E-state index contributed by atoms with van der Waals surface area (Å²) in [5.41, 5.74) is 1.94. The number of carboxylic acids is 1. The number of halogens is 1. The van der Waals surface area contributed by atoms with Gasteiger partial charge in [0.25, 0.3) is 0 Å². The Morgan fingerprint density at radius 1 is 1.24 bits per heavy atom. The van der Waals surface area contributed by atoms with Crippen molar-refractivity contribution in [3.05, 3.63) is 70.8 Å². The smallest absolute Gasteiger partial charge is 0.336 e. The van der Waals surface area contributed by atoms with E-state index in [1.165, 1.54) is 6.07 Å². The molecule has 0 bridgehead atoms. The first-order chi connectivity index (χ1) is 10.0. The van der Waals surface area contributed by atoms with Crippen molar-refractivity contribution in [3.8, 4) is 6.07 Å². The van der Waals surface area contributed by atoms with Gasteiger partial charge in [0.05, 0.1) is 27.9 Å². The molecular formula is C16H11ClN2O2. The highest BCUT2D eigenvalue weighted by molar-refractivity contribution is 6.33. The molecule has 0 heterocycles. The van der Waals surface area contributed by atoms with E-state index in [2.05, 4.69) is 11.9 Å². The van der Waals surface area contributed by atoms with Crippen LogP contribution in [0.25, 0.3) is 5.70 Å². The van der Waals surface area contributed by atoms with Crippen molar-refractivity contribution in [2.75, 3.05) is 5.32 Å². The Balaban J connectivity index is 2.35. The molecule has 0 aliphatic carbocycles. The molecule has 5 heteroatoms. The van der Waals surface area contributed by atoms with Crippen LogP contribution in [0, 0.1) is 11.3 Å². The number of nitrogens with zero attached hydrogens (tertiary/aromatic N) is 1. The molecule has 0 atom stereocenters. The van der Waals surface area contributed by atoms with E-state index in [9.17, 15) is 9.90 Å². The van der Waals surface area contributed by atoms with E-state index in [4.69, 9.17) is 16.9 Å². The standard InChI is InChI=1S/C16H11ClN2O2/c1-10(12-4-2-3-5-13(12)16(20)21)19-15-8-11(9-18)6-7-14(15)17/h2-8,19H,1H2,(H,20,21). The zero-order valence-corrected chi connectivity index (χ0v) is 11.7. The predicted octanol–water partition coefficient (Wildman–Crippen LogP) is 3.99. The average Bonchev–Trinajstić information content (AvgIpc) is 2.49. The monoisotopic (exact) mass is 298 g/mol. The minimum Gasteiger partial charge on any atom is -0.478 e. The van der Waals surface area contributed by atoms with Gasteiger partial charge in [-0.15, -0.1) is 0 Å². The lowest BCUT2D eigenvalue weighted by molar-refractivity contribution is 0.0696. The van der Waals surface area contributed by atoms with E-state index in [1.54, 1.807) is 36.4 Å². The Bertz CT molecular complexity index is 763. The fourth-order valence-electron chi connectivity index (χ4n) is 1.85. The summed E-state index contributed by atoms with van der Waals surface area (Å²) in [6.07, 6.45) is 0. The maximum Gasteiger partial charge on any atom is 0.336 e. The number of aromatic carboxylic acids is 1. The first-order valence-electron chi connectivity index (χ1n) is 6.01. The molecule has 0 spiro atoms. The molecule has 0 amide bonds. The van der Waals surface area contributed by atoms with Gasteiger partial charge in [-0.2, -0.15) is 5.26 Å². The highest BCUT2D eigenvalue weighted by Crippen LogP contribution is 2.27. The van der Waals surface area contributed by atoms with Gasteiger partial charge in [-0.1, -0.05) is 36.4 Å². The molecule has 0 fully saturated rings. The summed E-state index contributed by atoms with van der Waals surface area (Å²) in [5, 5.41) is 21.5. The Morgan fingerprint density at radius 2 is 1.90 bits per heavy atom. The van der Waals surface area contributed by atoms with Crippen molar-refractivity contribution in [2.45, 2.75) is 0 Å². The summed E-state index contributed by atoms with van der Waals surface area (Å²) in [5.74, 6) is -1.04. The highest BCUT2D eigenvalue weighted by atomic mass is 35.5. The van der Waals surface area contributed by atoms with Crippen molar-refractivity contribution in [1.82, 2.24) is 0 Å². The number of carboxylic acid groups (broad SMARTS) is 1. The lowest BCUT2D eigenvalue weighted by Gasteiger charge is -2.13. The summed E-state index contributed by atoms with van der Waals surface area (Å²) >= 11 is 6.06. The van der Waals surface area contributed by atoms with Crippen LogP contribution in [0.3, 0.4) is 0 Å². The molecule has 0 saturated heterocycles. The van der Waals surface area contributed by atoms with Gasteiger partial charge in [-0.3, -0.25) is 0 Å². The Kier molecular flexibility index (Phi) is 4.27. The van der Waals surface area contributed by atoms with E-state index in [0.29, 0.717) is 27.5 Å². The van der Waals surface area contributed by atoms with Gasteiger partial charge in [-0.05, 0) is 24.3 Å². The van der Waals surface area contributed by atoms with Crippen LogP contribution in [0.15, 0.2) is 49.0 Å². The van der Waals surface area contributed by atoms with Gasteiger partial charge in [0, 0.05) is 11.3 Å². The van der Waals surface area contributed by atoms with Crippen LogP contribution in [-0.2, 0) is 0 Å². The number of anilines is 1. The van der Waals surface area contributed by atoms with Gasteiger partial charge in [0.15, 0.2) is 0 Å². The fourth-order valence-corrected chi connectivity index (χ4v) is 2.02. The fraction of sp³-hybridized carbons (Fsp3) is 0. The van der Waals surface area contributed by atoms with Crippen LogP contribution in [-0.4, -0.2) is 11.1 Å². The zero-order valence-electron chi connectivity index (χ0n) is 10.9. The first kappa shape index (κ1) is 14.6. The quantitative estimate of drug-likeness (QED) is 0.895. The van der Waals surface area contributed by atoms with Crippen molar-refractivity contribution < 1.29 is 9.90 Å². The van der Waals surface area contributed by atoms with Gasteiger partial charge < -0.3 is 10.4 Å². The third-order valence-electron chi connectivity index (χ3n) is 2.86. The zero-order chi connectivity index (χ0) is 15.4. The van der Waals surface area contributed by atoms with Gasteiger partial charge >= 0.3 is 5.97 Å². The lowest BCUT2D eigenvalue weighted by Crippen LogP contribution is -2.06. The van der Waals surface area contributed by atoms with Gasteiger partial charge in [0.1, 0.15) is 0 Å². The maximum atomic E-state index is 11.2. The highest BCUT2D eigenvalue weighted by Gasteiger charge is 2.12. The second kappa shape index (κ2) is 6.12. The van der Waals surface area contributed by atoms with Crippen LogP contribution in [0.5, 0.6) is 0 Å². The SMILES string of the molecule is C=C(Nc1cc(C#N)ccc1Cl)c1ccccc1C(=O)O. The minimum atomic E-state index is -1.04. The molecule has 2 rings (SSSR count). The topological polar surface area (TPSA) is 73.1 Å². The molecule has 0 aliphatic heterocycles. The number of nitriles is 1. The van der Waals surface area contributed by atoms with Crippen molar-refractivity contribution in [3.63, 3.8) is 0 Å². The second-order valence-electron chi connectivity index (χ2n) is 4.26. The van der Waals surface area contributed by atoms with Crippen LogP contribution >= 0.6 is 11.6 Å². The normalized spacial score (nSPS) is 9.71. The van der Waals surface area contributed by atoms with E-state index in [-0.39, 0.29) is 5.56 Å². The third kappa shape index (κ3) is 3.22. The average molecular weight is 299 g/mol. The number of rotatable bonds is 4. The molecule has 4 nitrogen and oxygen atoms in total. The first-order valence-corrected chi connectivity index (χ1v) is 6.39. The van der Waals surface area contributed by atoms with Gasteiger partial charge in [-0.25, -0.2) is 4.79 Å². The molecule has 104 valence electrons. The maximum absolute atomic E-state index is 11.2. The number of hydrogen-bond acceptors (Lipinski definition) is 3.